The maximum atomic E-state index is 12.1. The van der Waals surface area contributed by atoms with E-state index in [0.29, 0.717) is 10.6 Å². The maximum absolute atomic E-state index is 12.1. The van der Waals surface area contributed by atoms with Gasteiger partial charge in [-0.15, -0.1) is 23.1 Å². The number of halogens is 1. The molecule has 2 aromatic rings. The lowest BCUT2D eigenvalue weighted by Crippen LogP contribution is -2.13. The molecule has 0 N–H and O–H groups in total. The Morgan fingerprint density at radius 2 is 2.12 bits per heavy atom. The highest BCUT2D eigenvalue weighted by molar-refractivity contribution is 8.00. The van der Waals surface area contributed by atoms with E-state index < -0.39 is 5.97 Å². The zero-order valence-corrected chi connectivity index (χ0v) is 15.2. The molecule has 3 rings (SSSR count). The van der Waals surface area contributed by atoms with Gasteiger partial charge in [0.05, 0.1) is 15.5 Å². The van der Waals surface area contributed by atoms with Crippen LogP contribution in [0.1, 0.15) is 39.2 Å². The molecule has 1 aliphatic rings. The van der Waals surface area contributed by atoms with Crippen LogP contribution in [0, 0.1) is 11.3 Å². The third-order valence-electron chi connectivity index (χ3n) is 3.71. The number of oxime groups is 1. The molecule has 0 amide bonds. The van der Waals surface area contributed by atoms with Crippen LogP contribution in [0.3, 0.4) is 0 Å². The molecule has 0 radical (unpaired) electrons. The minimum Gasteiger partial charge on any atom is -0.313 e. The first-order chi connectivity index (χ1) is 11.6. The Hall–Kier alpha value is -1.81. The fraction of sp³-hybridized carbons (Fsp3) is 0.235. The second kappa shape index (κ2) is 7.39. The number of fused-ring (bicyclic) bond motifs is 1. The number of benzene rings is 1. The van der Waals surface area contributed by atoms with Crippen molar-refractivity contribution in [1.29, 1.82) is 5.26 Å². The largest absolute Gasteiger partial charge is 0.365 e. The molecule has 0 aliphatic heterocycles. The summed E-state index contributed by atoms with van der Waals surface area (Å²) in [6.07, 6.45) is 4.46. The minimum atomic E-state index is -0.521. The number of nitrogens with zero attached hydrogens (tertiary/aromatic N) is 2. The van der Waals surface area contributed by atoms with Gasteiger partial charge in [-0.1, -0.05) is 16.8 Å². The van der Waals surface area contributed by atoms with Crippen molar-refractivity contribution >= 4 is 46.4 Å². The summed E-state index contributed by atoms with van der Waals surface area (Å²) in [5, 5.41) is 13.9. The molecule has 0 saturated carbocycles. The van der Waals surface area contributed by atoms with Crippen molar-refractivity contribution in [2.24, 2.45) is 5.16 Å². The molecule has 1 heterocycles. The third kappa shape index (κ3) is 3.34. The van der Waals surface area contributed by atoms with Gasteiger partial charge in [-0.05, 0) is 55.3 Å². The molecular formula is C17H13ClN2O2S2. The van der Waals surface area contributed by atoms with Crippen molar-refractivity contribution in [2.75, 3.05) is 6.26 Å². The summed E-state index contributed by atoms with van der Waals surface area (Å²) in [6, 6.07) is 8.72. The highest BCUT2D eigenvalue weighted by Crippen LogP contribution is 2.39. The smallest absolute Gasteiger partial charge is 0.313 e. The Labute approximate surface area is 153 Å². The van der Waals surface area contributed by atoms with Gasteiger partial charge in [-0.25, -0.2) is 4.79 Å². The van der Waals surface area contributed by atoms with Crippen molar-refractivity contribution in [3.05, 3.63) is 50.9 Å². The maximum Gasteiger partial charge on any atom is 0.365 e. The normalized spacial score (nSPS) is 15.0. The molecule has 1 aliphatic carbocycles. The molecule has 0 spiro atoms. The van der Waals surface area contributed by atoms with Crippen LogP contribution in [0.4, 0.5) is 0 Å². The van der Waals surface area contributed by atoms with E-state index in [9.17, 15) is 10.1 Å². The first kappa shape index (κ1) is 17.0. The van der Waals surface area contributed by atoms with E-state index in [4.69, 9.17) is 16.4 Å². The van der Waals surface area contributed by atoms with Gasteiger partial charge in [0.1, 0.15) is 10.9 Å². The Morgan fingerprint density at radius 1 is 1.38 bits per heavy atom. The van der Waals surface area contributed by atoms with Crippen LogP contribution in [0.5, 0.6) is 0 Å². The van der Waals surface area contributed by atoms with Gasteiger partial charge in [-0.3, -0.25) is 0 Å². The summed E-state index contributed by atoms with van der Waals surface area (Å²) in [6.45, 7) is 0. The van der Waals surface area contributed by atoms with Gasteiger partial charge >= 0.3 is 5.97 Å². The topological polar surface area (TPSA) is 62.4 Å². The highest BCUT2D eigenvalue weighted by Gasteiger charge is 2.26. The van der Waals surface area contributed by atoms with Crippen molar-refractivity contribution in [2.45, 2.75) is 23.5 Å². The van der Waals surface area contributed by atoms with Gasteiger partial charge in [0.15, 0.2) is 0 Å². The van der Waals surface area contributed by atoms with E-state index in [1.807, 2.05) is 6.26 Å². The highest BCUT2D eigenvalue weighted by atomic mass is 35.5. The number of carbonyl (C=O) groups is 1. The van der Waals surface area contributed by atoms with Crippen LogP contribution >= 0.6 is 34.7 Å². The van der Waals surface area contributed by atoms with Gasteiger partial charge in [0, 0.05) is 10.6 Å². The SMILES string of the molecule is CSc1sc(C#N)c2c1/C(=N\OC(=O)c1ccc(Cl)cc1)CCC2. The molecule has 122 valence electrons. The molecule has 1 aromatic carbocycles. The number of carbonyl (C=O) groups excluding carboxylic acids is 1. The van der Waals surface area contributed by atoms with Crippen molar-refractivity contribution in [3.8, 4) is 6.07 Å². The first-order valence-corrected chi connectivity index (χ1v) is 9.70. The number of thiophene rings is 1. The Morgan fingerprint density at radius 3 is 2.79 bits per heavy atom. The molecule has 7 heteroatoms. The molecule has 0 fully saturated rings. The van der Waals surface area contributed by atoms with E-state index in [-0.39, 0.29) is 0 Å². The van der Waals surface area contributed by atoms with Crippen LogP contribution in [0.2, 0.25) is 5.02 Å². The molecule has 4 nitrogen and oxygen atoms in total. The average Bonchev–Trinajstić information content (AvgIpc) is 2.99. The molecular weight excluding hydrogens is 364 g/mol. The number of nitriles is 1. The standard InChI is InChI=1S/C17H13ClN2O2S2/c1-23-17-15-12(14(9-19)24-17)3-2-4-13(15)20-22-16(21)10-5-7-11(18)8-6-10/h5-8H,2-4H2,1H3/b20-13-. The first-order valence-electron chi connectivity index (χ1n) is 7.28. The number of thioether (sulfide) groups is 1. The van der Waals surface area contributed by atoms with Crippen molar-refractivity contribution < 1.29 is 9.63 Å². The second-order valence-corrected chi connectivity index (χ2v) is 7.70. The monoisotopic (exact) mass is 376 g/mol. The molecule has 0 unspecified atom stereocenters. The zero-order valence-electron chi connectivity index (χ0n) is 12.8. The van der Waals surface area contributed by atoms with E-state index in [1.54, 1.807) is 36.0 Å². The average molecular weight is 377 g/mol. The summed E-state index contributed by atoms with van der Waals surface area (Å²) in [5.74, 6) is -0.521. The van der Waals surface area contributed by atoms with Gasteiger partial charge in [-0.2, -0.15) is 5.26 Å². The third-order valence-corrected chi connectivity index (χ3v) is 6.22. The molecule has 0 saturated heterocycles. The predicted octanol–water partition coefficient (Wildman–Crippen LogP) is 4.89. The Kier molecular flexibility index (Phi) is 5.24. The predicted molar refractivity (Wildman–Crippen MR) is 97.2 cm³/mol. The number of rotatable bonds is 3. The number of hydrogen-bond acceptors (Lipinski definition) is 6. The lowest BCUT2D eigenvalue weighted by atomic mass is 9.92. The lowest BCUT2D eigenvalue weighted by Gasteiger charge is -2.15. The van der Waals surface area contributed by atoms with Crippen LogP contribution < -0.4 is 0 Å². The van der Waals surface area contributed by atoms with Crippen LogP contribution in [0.25, 0.3) is 0 Å². The summed E-state index contributed by atoms with van der Waals surface area (Å²) < 4.78 is 1.04. The van der Waals surface area contributed by atoms with E-state index in [2.05, 4.69) is 11.2 Å². The van der Waals surface area contributed by atoms with E-state index >= 15 is 0 Å². The second-order valence-electron chi connectivity index (χ2n) is 5.17. The zero-order chi connectivity index (χ0) is 17.1. The summed E-state index contributed by atoms with van der Waals surface area (Å²) in [7, 11) is 0. The van der Waals surface area contributed by atoms with Gasteiger partial charge < -0.3 is 4.84 Å². The molecule has 0 atom stereocenters. The van der Waals surface area contributed by atoms with Crippen LogP contribution in [-0.2, 0) is 11.3 Å². The molecule has 1 aromatic heterocycles. The summed E-state index contributed by atoms with van der Waals surface area (Å²) in [4.78, 5) is 18.0. The summed E-state index contributed by atoms with van der Waals surface area (Å²) in [5.41, 5.74) is 3.13. The fourth-order valence-corrected chi connectivity index (χ4v) is 4.65. The van der Waals surface area contributed by atoms with Gasteiger partial charge in [0.25, 0.3) is 0 Å². The Balaban J connectivity index is 1.88. The minimum absolute atomic E-state index is 0.396. The number of hydrogen-bond donors (Lipinski definition) is 0. The van der Waals surface area contributed by atoms with Crippen LogP contribution in [-0.4, -0.2) is 17.9 Å². The van der Waals surface area contributed by atoms with E-state index in [0.717, 1.165) is 45.2 Å². The summed E-state index contributed by atoms with van der Waals surface area (Å²) >= 11 is 8.88. The van der Waals surface area contributed by atoms with E-state index in [1.165, 1.54) is 11.3 Å². The van der Waals surface area contributed by atoms with Crippen molar-refractivity contribution in [1.82, 2.24) is 0 Å². The lowest BCUT2D eigenvalue weighted by molar-refractivity contribution is 0.0515. The fourth-order valence-electron chi connectivity index (χ4n) is 2.59. The van der Waals surface area contributed by atoms with Gasteiger partial charge in [0.2, 0.25) is 0 Å². The Bertz CT molecular complexity index is 851. The molecule has 24 heavy (non-hydrogen) atoms. The quantitative estimate of drug-likeness (QED) is 0.434. The van der Waals surface area contributed by atoms with Crippen LogP contribution in [0.15, 0.2) is 33.6 Å². The molecule has 0 bridgehead atoms. The van der Waals surface area contributed by atoms with Crippen molar-refractivity contribution in [3.63, 3.8) is 0 Å².